The average molecular weight is 216 g/mol. The van der Waals surface area contributed by atoms with E-state index in [2.05, 4.69) is 10.8 Å². The molecular weight excluding hydrogens is 192 g/mol. The van der Waals surface area contributed by atoms with E-state index < -0.39 is 0 Å². The monoisotopic (exact) mass is 216 g/mol. The van der Waals surface area contributed by atoms with Gasteiger partial charge in [-0.1, -0.05) is 6.42 Å². The second kappa shape index (κ2) is 8.01. The van der Waals surface area contributed by atoms with Crippen LogP contribution >= 0.6 is 0 Å². The van der Waals surface area contributed by atoms with Crippen molar-refractivity contribution in [3.8, 4) is 0 Å². The van der Waals surface area contributed by atoms with Gasteiger partial charge in [-0.25, -0.2) is 0 Å². The number of nitrogens with one attached hydrogen (secondary N) is 2. The number of rotatable bonds is 7. The van der Waals surface area contributed by atoms with Gasteiger partial charge in [-0.15, -0.1) is 0 Å². The molecular formula is C10H24N4O. The lowest BCUT2D eigenvalue weighted by molar-refractivity contribution is 0.00746. The van der Waals surface area contributed by atoms with Crippen LogP contribution in [0.25, 0.3) is 0 Å². The summed E-state index contributed by atoms with van der Waals surface area (Å²) in [5.74, 6) is 0. The van der Waals surface area contributed by atoms with Crippen LogP contribution < -0.4 is 22.3 Å². The van der Waals surface area contributed by atoms with Crippen LogP contribution in [0.15, 0.2) is 0 Å². The predicted octanol–water partition coefficient (Wildman–Crippen LogP) is -0.674. The molecule has 0 spiro atoms. The fourth-order valence-electron chi connectivity index (χ4n) is 1.86. The molecule has 0 heterocycles. The maximum Gasteiger partial charge on any atom is 0.0806 e. The predicted molar refractivity (Wildman–Crippen MR) is 61.2 cm³/mol. The van der Waals surface area contributed by atoms with Gasteiger partial charge in [0.05, 0.1) is 6.61 Å². The molecule has 1 rings (SSSR count). The molecule has 2 atom stereocenters. The zero-order chi connectivity index (χ0) is 10.9. The molecule has 90 valence electrons. The van der Waals surface area contributed by atoms with E-state index in [9.17, 15) is 0 Å². The van der Waals surface area contributed by atoms with Gasteiger partial charge in [0.15, 0.2) is 0 Å². The Bertz CT molecular complexity index is 156. The highest BCUT2D eigenvalue weighted by atomic mass is 16.6. The van der Waals surface area contributed by atoms with Gasteiger partial charge in [0.2, 0.25) is 0 Å². The summed E-state index contributed by atoms with van der Waals surface area (Å²) in [7, 11) is 0. The van der Waals surface area contributed by atoms with Gasteiger partial charge in [-0.05, 0) is 19.3 Å². The summed E-state index contributed by atoms with van der Waals surface area (Å²) >= 11 is 0. The molecule has 5 heteroatoms. The lowest BCUT2D eigenvalue weighted by atomic mass is 9.92. The Balaban J connectivity index is 1.90. The van der Waals surface area contributed by atoms with Crippen LogP contribution in [0.1, 0.15) is 25.7 Å². The molecule has 0 aromatic heterocycles. The Kier molecular flexibility index (Phi) is 6.87. The maximum absolute atomic E-state index is 5.87. The number of hydroxylamine groups is 1. The van der Waals surface area contributed by atoms with Gasteiger partial charge < -0.3 is 21.6 Å². The van der Waals surface area contributed by atoms with Gasteiger partial charge in [-0.2, -0.15) is 5.48 Å². The highest BCUT2D eigenvalue weighted by Crippen LogP contribution is 2.16. The molecule has 1 aliphatic carbocycles. The molecule has 5 nitrogen and oxygen atoms in total. The van der Waals surface area contributed by atoms with Gasteiger partial charge in [0.1, 0.15) is 0 Å². The van der Waals surface area contributed by atoms with E-state index in [1.54, 1.807) is 0 Å². The summed E-state index contributed by atoms with van der Waals surface area (Å²) in [6.45, 7) is 3.03. The summed E-state index contributed by atoms with van der Waals surface area (Å²) in [5, 5.41) is 3.17. The third-order valence-corrected chi connectivity index (χ3v) is 2.67. The van der Waals surface area contributed by atoms with Crippen molar-refractivity contribution in [2.75, 3.05) is 26.2 Å². The van der Waals surface area contributed by atoms with Gasteiger partial charge >= 0.3 is 0 Å². The minimum absolute atomic E-state index is 0.343. The Morgan fingerprint density at radius 2 is 2.13 bits per heavy atom. The van der Waals surface area contributed by atoms with E-state index in [-0.39, 0.29) is 0 Å². The Labute approximate surface area is 91.9 Å². The van der Waals surface area contributed by atoms with Crippen LogP contribution in [-0.2, 0) is 4.84 Å². The van der Waals surface area contributed by atoms with Crippen LogP contribution in [0.2, 0.25) is 0 Å². The lowest BCUT2D eigenvalue weighted by Gasteiger charge is -2.26. The van der Waals surface area contributed by atoms with E-state index in [4.69, 9.17) is 16.3 Å². The summed E-state index contributed by atoms with van der Waals surface area (Å²) in [6, 6.07) is 0.776. The highest BCUT2D eigenvalue weighted by Gasteiger charge is 2.18. The van der Waals surface area contributed by atoms with E-state index in [0.29, 0.717) is 25.2 Å². The Hall–Kier alpha value is -0.200. The third-order valence-electron chi connectivity index (χ3n) is 2.67. The number of nitrogens with two attached hydrogens (primary N) is 2. The molecule has 1 saturated carbocycles. The molecule has 0 radical (unpaired) electrons. The summed E-state index contributed by atoms with van der Waals surface area (Å²) < 4.78 is 0. The van der Waals surface area contributed by atoms with Crippen LogP contribution in [0.3, 0.4) is 0 Å². The second-order valence-corrected chi connectivity index (χ2v) is 4.13. The van der Waals surface area contributed by atoms with Crippen molar-refractivity contribution in [2.45, 2.75) is 37.8 Å². The maximum atomic E-state index is 5.87. The number of hydrogen-bond acceptors (Lipinski definition) is 5. The number of hydrogen-bond donors (Lipinski definition) is 4. The molecule has 0 saturated heterocycles. The fraction of sp³-hybridized carbons (Fsp3) is 1.00. The molecule has 1 fully saturated rings. The zero-order valence-electron chi connectivity index (χ0n) is 9.37. The van der Waals surface area contributed by atoms with Crippen LogP contribution in [0.4, 0.5) is 0 Å². The van der Waals surface area contributed by atoms with Crippen molar-refractivity contribution < 1.29 is 4.84 Å². The molecule has 6 N–H and O–H groups in total. The van der Waals surface area contributed by atoms with Gasteiger partial charge in [0, 0.05) is 31.7 Å². The minimum atomic E-state index is 0.343. The van der Waals surface area contributed by atoms with Crippen molar-refractivity contribution in [3.05, 3.63) is 0 Å². The normalized spacial score (nSPS) is 26.8. The van der Waals surface area contributed by atoms with Crippen LogP contribution in [-0.4, -0.2) is 38.3 Å². The quantitative estimate of drug-likeness (QED) is 0.335. The summed E-state index contributed by atoms with van der Waals surface area (Å²) in [5.41, 5.74) is 14.3. The molecule has 0 bridgehead atoms. The molecule has 0 aromatic rings. The van der Waals surface area contributed by atoms with E-state index in [1.807, 2.05) is 0 Å². The van der Waals surface area contributed by atoms with Crippen molar-refractivity contribution >= 4 is 0 Å². The van der Waals surface area contributed by atoms with Gasteiger partial charge in [-0.3, -0.25) is 0 Å². The highest BCUT2D eigenvalue weighted by molar-refractivity contribution is 4.77. The largest absolute Gasteiger partial charge is 0.329 e. The topological polar surface area (TPSA) is 85.3 Å². The first-order chi connectivity index (χ1) is 7.33. The van der Waals surface area contributed by atoms with Crippen molar-refractivity contribution in [1.29, 1.82) is 0 Å². The third kappa shape index (κ3) is 6.06. The smallest absolute Gasteiger partial charge is 0.0806 e. The fourth-order valence-corrected chi connectivity index (χ4v) is 1.86. The first-order valence-corrected chi connectivity index (χ1v) is 5.86. The minimum Gasteiger partial charge on any atom is -0.329 e. The SMILES string of the molecule is NCCNCCONC1CCCC(N)C1. The molecule has 0 aromatic carbocycles. The van der Waals surface area contributed by atoms with Crippen LogP contribution in [0, 0.1) is 0 Å². The summed E-state index contributed by atoms with van der Waals surface area (Å²) in [4.78, 5) is 5.36. The first kappa shape index (κ1) is 12.9. The molecule has 2 unspecified atom stereocenters. The molecule has 0 amide bonds. The molecule has 0 aliphatic heterocycles. The molecule has 15 heavy (non-hydrogen) atoms. The summed E-state index contributed by atoms with van der Waals surface area (Å²) in [6.07, 6.45) is 4.55. The van der Waals surface area contributed by atoms with E-state index in [1.165, 1.54) is 12.8 Å². The van der Waals surface area contributed by atoms with Gasteiger partial charge in [0.25, 0.3) is 0 Å². The Morgan fingerprint density at radius 3 is 2.87 bits per heavy atom. The van der Waals surface area contributed by atoms with Crippen molar-refractivity contribution in [1.82, 2.24) is 10.8 Å². The zero-order valence-corrected chi connectivity index (χ0v) is 9.37. The Morgan fingerprint density at radius 1 is 1.27 bits per heavy atom. The second-order valence-electron chi connectivity index (χ2n) is 4.13. The standard InChI is InChI=1S/C10H24N4O/c11-4-5-13-6-7-15-14-10-3-1-2-9(12)8-10/h9-10,13-14H,1-8,11-12H2. The van der Waals surface area contributed by atoms with E-state index in [0.717, 1.165) is 25.9 Å². The van der Waals surface area contributed by atoms with Crippen molar-refractivity contribution in [3.63, 3.8) is 0 Å². The van der Waals surface area contributed by atoms with Crippen molar-refractivity contribution in [2.24, 2.45) is 11.5 Å². The average Bonchev–Trinajstić information content (AvgIpc) is 2.23. The van der Waals surface area contributed by atoms with Crippen LogP contribution in [0.5, 0.6) is 0 Å². The first-order valence-electron chi connectivity index (χ1n) is 5.86. The lowest BCUT2D eigenvalue weighted by Crippen LogP contribution is -2.40. The van der Waals surface area contributed by atoms with E-state index >= 15 is 0 Å². The molecule has 1 aliphatic rings.